The summed E-state index contributed by atoms with van der Waals surface area (Å²) in [6.45, 7) is 6.06. The SMILES string of the molecule is CCOc1cc(C(=O)N(C)C)ccc1NC(=O)N1CCCCC(C)C1. The van der Waals surface area contributed by atoms with Crippen LogP contribution in [0.4, 0.5) is 10.5 Å². The van der Waals surface area contributed by atoms with E-state index < -0.39 is 0 Å². The Hall–Kier alpha value is -2.24. The number of carbonyl (C=O) groups excluding carboxylic acids is 2. The van der Waals surface area contributed by atoms with E-state index in [-0.39, 0.29) is 11.9 Å². The summed E-state index contributed by atoms with van der Waals surface area (Å²) in [5, 5.41) is 2.95. The number of hydrogen-bond acceptors (Lipinski definition) is 3. The van der Waals surface area contributed by atoms with Crippen LogP contribution in [0.25, 0.3) is 0 Å². The topological polar surface area (TPSA) is 61.9 Å². The van der Waals surface area contributed by atoms with Crippen molar-refractivity contribution in [2.24, 2.45) is 5.92 Å². The van der Waals surface area contributed by atoms with Crippen molar-refractivity contribution in [3.05, 3.63) is 23.8 Å². The molecule has 6 nitrogen and oxygen atoms in total. The van der Waals surface area contributed by atoms with Gasteiger partial charge in [-0.1, -0.05) is 13.3 Å². The van der Waals surface area contributed by atoms with Crippen LogP contribution >= 0.6 is 0 Å². The number of anilines is 1. The highest BCUT2D eigenvalue weighted by Gasteiger charge is 2.21. The average Bonchev–Trinajstić information content (AvgIpc) is 2.80. The molecule has 1 saturated heterocycles. The van der Waals surface area contributed by atoms with Gasteiger partial charge in [-0.2, -0.15) is 0 Å². The van der Waals surface area contributed by atoms with Crippen molar-refractivity contribution >= 4 is 17.6 Å². The molecule has 1 fully saturated rings. The van der Waals surface area contributed by atoms with Crippen LogP contribution in [0.1, 0.15) is 43.5 Å². The van der Waals surface area contributed by atoms with Gasteiger partial charge in [-0.15, -0.1) is 0 Å². The minimum atomic E-state index is -0.110. The van der Waals surface area contributed by atoms with E-state index in [4.69, 9.17) is 4.74 Å². The van der Waals surface area contributed by atoms with Gasteiger partial charge in [0, 0.05) is 32.7 Å². The van der Waals surface area contributed by atoms with Gasteiger partial charge in [0.05, 0.1) is 12.3 Å². The van der Waals surface area contributed by atoms with Gasteiger partial charge in [-0.25, -0.2) is 4.79 Å². The van der Waals surface area contributed by atoms with E-state index in [1.807, 2.05) is 11.8 Å². The van der Waals surface area contributed by atoms with Gasteiger partial charge in [0.25, 0.3) is 5.91 Å². The number of amides is 3. The van der Waals surface area contributed by atoms with E-state index >= 15 is 0 Å². The number of likely N-dealkylation sites (tertiary alicyclic amines) is 1. The van der Waals surface area contributed by atoms with Crippen LogP contribution in [0.2, 0.25) is 0 Å². The summed E-state index contributed by atoms with van der Waals surface area (Å²) in [5.41, 5.74) is 1.13. The van der Waals surface area contributed by atoms with Crippen molar-refractivity contribution in [1.82, 2.24) is 9.80 Å². The first-order chi connectivity index (χ1) is 11.9. The molecule has 138 valence electrons. The van der Waals surface area contributed by atoms with E-state index in [1.165, 1.54) is 4.90 Å². The van der Waals surface area contributed by atoms with Crippen molar-refractivity contribution in [2.45, 2.75) is 33.1 Å². The molecular formula is C19H29N3O3. The molecule has 0 saturated carbocycles. The standard InChI is InChI=1S/C19H29N3O3/c1-5-25-17-12-15(18(23)21(3)4)9-10-16(17)20-19(24)22-11-7-6-8-14(2)13-22/h9-10,12,14H,5-8,11,13H2,1-4H3,(H,20,24). The summed E-state index contributed by atoms with van der Waals surface area (Å²) < 4.78 is 5.64. The second kappa shape index (κ2) is 8.74. The molecule has 1 aromatic rings. The number of hydrogen-bond donors (Lipinski definition) is 1. The van der Waals surface area contributed by atoms with Gasteiger partial charge in [0.1, 0.15) is 5.75 Å². The molecule has 1 N–H and O–H groups in total. The van der Waals surface area contributed by atoms with Gasteiger partial charge in [0.15, 0.2) is 0 Å². The Morgan fingerprint density at radius 3 is 2.76 bits per heavy atom. The van der Waals surface area contributed by atoms with Gasteiger partial charge in [-0.05, 0) is 43.9 Å². The maximum atomic E-state index is 12.6. The molecule has 6 heteroatoms. The van der Waals surface area contributed by atoms with Crippen LogP contribution in [-0.4, -0.2) is 55.5 Å². The Bertz CT molecular complexity index is 616. The van der Waals surface area contributed by atoms with E-state index in [2.05, 4.69) is 12.2 Å². The van der Waals surface area contributed by atoms with Crippen LogP contribution in [0, 0.1) is 5.92 Å². The lowest BCUT2D eigenvalue weighted by atomic mass is 10.1. The normalized spacial score (nSPS) is 17.6. The Labute approximate surface area is 150 Å². The van der Waals surface area contributed by atoms with Crippen LogP contribution < -0.4 is 10.1 Å². The molecule has 2 rings (SSSR count). The van der Waals surface area contributed by atoms with Crippen molar-refractivity contribution in [2.75, 3.05) is 39.1 Å². The molecule has 1 aliphatic heterocycles. The molecule has 0 bridgehead atoms. The van der Waals surface area contributed by atoms with Gasteiger partial charge >= 0.3 is 6.03 Å². The molecule has 0 radical (unpaired) electrons. The van der Waals surface area contributed by atoms with E-state index in [1.54, 1.807) is 32.3 Å². The zero-order valence-electron chi connectivity index (χ0n) is 15.7. The summed E-state index contributed by atoms with van der Waals surface area (Å²) >= 11 is 0. The minimum absolute atomic E-state index is 0.0971. The number of rotatable bonds is 4. The number of ether oxygens (including phenoxy) is 1. The molecule has 3 amide bonds. The van der Waals surface area contributed by atoms with Crippen LogP contribution in [-0.2, 0) is 0 Å². The number of nitrogens with one attached hydrogen (secondary N) is 1. The maximum Gasteiger partial charge on any atom is 0.321 e. The van der Waals surface area contributed by atoms with Crippen LogP contribution in [0.15, 0.2) is 18.2 Å². The fourth-order valence-corrected chi connectivity index (χ4v) is 3.02. The van der Waals surface area contributed by atoms with E-state index in [0.717, 1.165) is 32.4 Å². The fraction of sp³-hybridized carbons (Fsp3) is 0.579. The first-order valence-electron chi connectivity index (χ1n) is 8.96. The first-order valence-corrected chi connectivity index (χ1v) is 8.96. The predicted octanol–water partition coefficient (Wildman–Crippen LogP) is 3.44. The van der Waals surface area contributed by atoms with Gasteiger partial charge in [-0.3, -0.25) is 4.79 Å². The van der Waals surface area contributed by atoms with E-state index in [0.29, 0.717) is 29.5 Å². The quantitative estimate of drug-likeness (QED) is 0.907. The molecule has 1 unspecified atom stereocenters. The lowest BCUT2D eigenvalue weighted by molar-refractivity contribution is 0.0827. The smallest absolute Gasteiger partial charge is 0.321 e. The lowest BCUT2D eigenvalue weighted by Gasteiger charge is -2.24. The second-order valence-electron chi connectivity index (χ2n) is 6.82. The summed E-state index contributed by atoms with van der Waals surface area (Å²) in [6, 6.07) is 5.03. The molecular weight excluding hydrogens is 318 g/mol. The third-order valence-corrected chi connectivity index (χ3v) is 4.37. The molecule has 0 spiro atoms. The second-order valence-corrected chi connectivity index (χ2v) is 6.82. The Balaban J connectivity index is 2.17. The molecule has 1 atom stereocenters. The van der Waals surface area contributed by atoms with Crippen molar-refractivity contribution < 1.29 is 14.3 Å². The van der Waals surface area contributed by atoms with Gasteiger partial charge < -0.3 is 19.9 Å². The molecule has 0 aromatic heterocycles. The van der Waals surface area contributed by atoms with Crippen LogP contribution in [0.3, 0.4) is 0 Å². The Morgan fingerprint density at radius 2 is 2.08 bits per heavy atom. The zero-order chi connectivity index (χ0) is 18.4. The Morgan fingerprint density at radius 1 is 1.32 bits per heavy atom. The minimum Gasteiger partial charge on any atom is -0.492 e. The van der Waals surface area contributed by atoms with E-state index in [9.17, 15) is 9.59 Å². The number of benzene rings is 1. The molecule has 0 aliphatic carbocycles. The largest absolute Gasteiger partial charge is 0.492 e. The summed E-state index contributed by atoms with van der Waals surface area (Å²) in [6.07, 6.45) is 3.36. The van der Waals surface area contributed by atoms with Gasteiger partial charge in [0.2, 0.25) is 0 Å². The molecule has 1 aliphatic rings. The van der Waals surface area contributed by atoms with Crippen molar-refractivity contribution in [3.8, 4) is 5.75 Å². The zero-order valence-corrected chi connectivity index (χ0v) is 15.7. The fourth-order valence-electron chi connectivity index (χ4n) is 3.02. The Kier molecular flexibility index (Phi) is 6.67. The highest BCUT2D eigenvalue weighted by molar-refractivity contribution is 5.96. The number of nitrogens with zero attached hydrogens (tertiary/aromatic N) is 2. The summed E-state index contributed by atoms with van der Waals surface area (Å²) in [5.74, 6) is 0.936. The number of carbonyl (C=O) groups is 2. The van der Waals surface area contributed by atoms with Crippen LogP contribution in [0.5, 0.6) is 5.75 Å². The first kappa shape index (κ1) is 19.1. The lowest BCUT2D eigenvalue weighted by Crippen LogP contribution is -2.37. The maximum absolute atomic E-state index is 12.6. The predicted molar refractivity (Wildman–Crippen MR) is 99.2 cm³/mol. The molecule has 25 heavy (non-hydrogen) atoms. The highest BCUT2D eigenvalue weighted by atomic mass is 16.5. The monoisotopic (exact) mass is 347 g/mol. The summed E-state index contributed by atoms with van der Waals surface area (Å²) in [7, 11) is 3.41. The van der Waals surface area contributed by atoms with Crippen molar-refractivity contribution in [1.29, 1.82) is 0 Å². The molecule has 1 aromatic carbocycles. The highest BCUT2D eigenvalue weighted by Crippen LogP contribution is 2.27. The molecule has 1 heterocycles. The number of urea groups is 1. The van der Waals surface area contributed by atoms with Crippen molar-refractivity contribution in [3.63, 3.8) is 0 Å². The average molecular weight is 347 g/mol. The summed E-state index contributed by atoms with van der Waals surface area (Å²) in [4.78, 5) is 28.1. The third-order valence-electron chi connectivity index (χ3n) is 4.37. The third kappa shape index (κ3) is 5.11.